The van der Waals surface area contributed by atoms with Crippen molar-refractivity contribution in [3.63, 3.8) is 0 Å². The van der Waals surface area contributed by atoms with Crippen LogP contribution in [-0.2, 0) is 9.47 Å². The standard InChI is InChI=1S/C30H60N2O2/c1-22(2)27-18-25(19-28(31-27)23(3)4)33-16-14-12-10-11-13-15-17-34-26-20-29(7,8)32-30(9,21-26)24(5)6/h22-28,31-32H,10-21H2,1-9H3. The maximum atomic E-state index is 6.36. The van der Waals surface area contributed by atoms with Crippen LogP contribution in [0.3, 0.4) is 0 Å². The zero-order valence-corrected chi connectivity index (χ0v) is 24.3. The van der Waals surface area contributed by atoms with Crippen molar-refractivity contribution in [2.24, 2.45) is 17.8 Å². The van der Waals surface area contributed by atoms with E-state index >= 15 is 0 Å². The molecule has 0 amide bonds. The monoisotopic (exact) mass is 480 g/mol. The Kier molecular flexibility index (Phi) is 12.3. The maximum absolute atomic E-state index is 6.36. The Labute approximate surface area is 213 Å². The van der Waals surface area contributed by atoms with Crippen molar-refractivity contribution in [3.8, 4) is 0 Å². The first-order valence-corrected chi connectivity index (χ1v) is 14.7. The van der Waals surface area contributed by atoms with Gasteiger partial charge in [-0.05, 0) is 77.0 Å². The minimum absolute atomic E-state index is 0.156. The fraction of sp³-hybridized carbons (Fsp3) is 1.00. The van der Waals surface area contributed by atoms with Gasteiger partial charge in [-0.3, -0.25) is 0 Å². The van der Waals surface area contributed by atoms with E-state index in [2.05, 4.69) is 72.9 Å². The summed E-state index contributed by atoms with van der Waals surface area (Å²) in [5, 5.41) is 7.73. The summed E-state index contributed by atoms with van der Waals surface area (Å²) in [5.41, 5.74) is 0.331. The van der Waals surface area contributed by atoms with Crippen LogP contribution in [0.2, 0.25) is 0 Å². The molecule has 2 rings (SSSR count). The van der Waals surface area contributed by atoms with Gasteiger partial charge in [0.1, 0.15) is 0 Å². The number of hydrogen-bond acceptors (Lipinski definition) is 4. The second-order valence-corrected chi connectivity index (χ2v) is 13.4. The van der Waals surface area contributed by atoms with E-state index in [0.29, 0.717) is 42.0 Å². The number of nitrogens with one attached hydrogen (secondary N) is 2. The summed E-state index contributed by atoms with van der Waals surface area (Å²) in [4.78, 5) is 0. The topological polar surface area (TPSA) is 42.5 Å². The molecule has 0 aromatic carbocycles. The first-order chi connectivity index (χ1) is 15.9. The van der Waals surface area contributed by atoms with E-state index in [1.54, 1.807) is 0 Å². The van der Waals surface area contributed by atoms with Crippen LogP contribution in [0.15, 0.2) is 0 Å². The average molecular weight is 481 g/mol. The number of rotatable bonds is 14. The summed E-state index contributed by atoms with van der Waals surface area (Å²) >= 11 is 0. The van der Waals surface area contributed by atoms with Gasteiger partial charge in [0.2, 0.25) is 0 Å². The fourth-order valence-corrected chi connectivity index (χ4v) is 6.04. The van der Waals surface area contributed by atoms with Crippen molar-refractivity contribution in [1.29, 1.82) is 0 Å². The van der Waals surface area contributed by atoms with Gasteiger partial charge in [-0.15, -0.1) is 0 Å². The molecule has 34 heavy (non-hydrogen) atoms. The van der Waals surface area contributed by atoms with Gasteiger partial charge in [0.15, 0.2) is 0 Å². The molecule has 0 bridgehead atoms. The van der Waals surface area contributed by atoms with Crippen molar-refractivity contribution in [2.45, 2.75) is 162 Å². The smallest absolute Gasteiger partial charge is 0.0610 e. The number of piperidine rings is 2. The van der Waals surface area contributed by atoms with Crippen molar-refractivity contribution in [3.05, 3.63) is 0 Å². The van der Waals surface area contributed by atoms with Gasteiger partial charge in [-0.25, -0.2) is 0 Å². The Morgan fingerprint density at radius 3 is 1.62 bits per heavy atom. The Morgan fingerprint density at radius 1 is 0.676 bits per heavy atom. The average Bonchev–Trinajstić information content (AvgIpc) is 2.73. The molecule has 4 unspecified atom stereocenters. The predicted octanol–water partition coefficient (Wildman–Crippen LogP) is 7.11. The minimum atomic E-state index is 0.156. The Balaban J connectivity index is 1.52. The first-order valence-electron chi connectivity index (χ1n) is 14.7. The van der Waals surface area contributed by atoms with E-state index in [1.165, 1.54) is 51.4 Å². The van der Waals surface area contributed by atoms with E-state index in [9.17, 15) is 0 Å². The number of unbranched alkanes of at least 4 members (excludes halogenated alkanes) is 5. The minimum Gasteiger partial charge on any atom is -0.378 e. The molecule has 0 aromatic heterocycles. The highest BCUT2D eigenvalue weighted by Crippen LogP contribution is 2.35. The van der Waals surface area contributed by atoms with Gasteiger partial charge >= 0.3 is 0 Å². The van der Waals surface area contributed by atoms with Crippen molar-refractivity contribution < 1.29 is 9.47 Å². The van der Waals surface area contributed by atoms with Gasteiger partial charge in [-0.2, -0.15) is 0 Å². The molecule has 2 saturated heterocycles. The molecule has 4 nitrogen and oxygen atoms in total. The molecule has 2 aliphatic heterocycles. The quantitative estimate of drug-likeness (QED) is 0.260. The van der Waals surface area contributed by atoms with E-state index in [0.717, 1.165) is 26.1 Å². The van der Waals surface area contributed by atoms with Gasteiger partial charge in [-0.1, -0.05) is 67.2 Å². The molecule has 0 spiro atoms. The van der Waals surface area contributed by atoms with Crippen LogP contribution in [0.5, 0.6) is 0 Å². The van der Waals surface area contributed by atoms with Gasteiger partial charge in [0.05, 0.1) is 12.2 Å². The van der Waals surface area contributed by atoms with Crippen molar-refractivity contribution >= 4 is 0 Å². The van der Waals surface area contributed by atoms with E-state index < -0.39 is 0 Å². The highest BCUT2D eigenvalue weighted by Gasteiger charge is 2.42. The second-order valence-electron chi connectivity index (χ2n) is 13.4. The van der Waals surface area contributed by atoms with Crippen LogP contribution in [0.4, 0.5) is 0 Å². The van der Waals surface area contributed by atoms with Crippen LogP contribution in [0, 0.1) is 17.8 Å². The molecule has 4 heteroatoms. The van der Waals surface area contributed by atoms with E-state index in [4.69, 9.17) is 9.47 Å². The fourth-order valence-electron chi connectivity index (χ4n) is 6.04. The highest BCUT2D eigenvalue weighted by atomic mass is 16.5. The second kappa shape index (κ2) is 14.0. The molecule has 4 atom stereocenters. The summed E-state index contributed by atoms with van der Waals surface area (Å²) in [6.07, 6.45) is 13.0. The third-order valence-corrected chi connectivity index (χ3v) is 8.60. The lowest BCUT2D eigenvalue weighted by molar-refractivity contribution is -0.0376. The van der Waals surface area contributed by atoms with Gasteiger partial charge in [0.25, 0.3) is 0 Å². The molecule has 0 aromatic rings. The summed E-state index contributed by atoms with van der Waals surface area (Å²) in [7, 11) is 0. The molecule has 0 radical (unpaired) electrons. The number of hydrogen-bond donors (Lipinski definition) is 2. The molecular formula is C30H60N2O2. The Hall–Kier alpha value is -0.160. The molecule has 202 valence electrons. The summed E-state index contributed by atoms with van der Waals surface area (Å²) in [6.45, 7) is 22.8. The molecule has 0 aliphatic carbocycles. The summed E-state index contributed by atoms with van der Waals surface area (Å²) < 4.78 is 12.7. The van der Waals surface area contributed by atoms with Crippen LogP contribution >= 0.6 is 0 Å². The summed E-state index contributed by atoms with van der Waals surface area (Å²) in [5.74, 6) is 1.97. The molecule has 2 N–H and O–H groups in total. The van der Waals surface area contributed by atoms with Crippen LogP contribution in [0.1, 0.15) is 127 Å². The zero-order valence-electron chi connectivity index (χ0n) is 24.3. The first kappa shape index (κ1) is 30.1. The lowest BCUT2D eigenvalue weighted by Crippen LogP contribution is -2.63. The highest BCUT2D eigenvalue weighted by molar-refractivity contribution is 5.01. The molecular weight excluding hydrogens is 420 g/mol. The SMILES string of the molecule is CC(C)C1CC(OCCCCCCCCOC2CC(C)(C)NC(C)(C(C)C)C2)CC(C(C)C)N1. The maximum Gasteiger partial charge on any atom is 0.0610 e. The third kappa shape index (κ3) is 10.1. The van der Waals surface area contributed by atoms with Crippen LogP contribution in [0.25, 0.3) is 0 Å². The van der Waals surface area contributed by atoms with Crippen LogP contribution in [-0.4, -0.2) is 48.6 Å². The normalized spacial score (nSPS) is 32.1. The van der Waals surface area contributed by atoms with Gasteiger partial charge < -0.3 is 20.1 Å². The summed E-state index contributed by atoms with van der Waals surface area (Å²) in [6, 6.07) is 1.20. The van der Waals surface area contributed by atoms with Crippen molar-refractivity contribution in [1.82, 2.24) is 10.6 Å². The largest absolute Gasteiger partial charge is 0.378 e. The molecule has 2 heterocycles. The zero-order chi connectivity index (χ0) is 25.4. The van der Waals surface area contributed by atoms with E-state index in [1.807, 2.05) is 0 Å². The van der Waals surface area contributed by atoms with Gasteiger partial charge in [0, 0.05) is 36.4 Å². The van der Waals surface area contributed by atoms with Crippen LogP contribution < -0.4 is 10.6 Å². The van der Waals surface area contributed by atoms with E-state index in [-0.39, 0.29) is 11.1 Å². The third-order valence-electron chi connectivity index (χ3n) is 8.60. The molecule has 2 aliphatic rings. The predicted molar refractivity (Wildman–Crippen MR) is 146 cm³/mol. The van der Waals surface area contributed by atoms with Crippen molar-refractivity contribution in [2.75, 3.05) is 13.2 Å². The number of ether oxygens (including phenoxy) is 2. The molecule has 0 saturated carbocycles. The molecule has 2 fully saturated rings. The Bertz CT molecular complexity index is 546. The lowest BCUT2D eigenvalue weighted by atomic mass is 9.74. The Morgan fingerprint density at radius 2 is 1.15 bits per heavy atom. The lowest BCUT2D eigenvalue weighted by Gasteiger charge is -2.50.